The second kappa shape index (κ2) is 17.8. The second-order valence-corrected chi connectivity index (χ2v) is 7.83. The molecule has 0 saturated heterocycles. The maximum absolute atomic E-state index is 10.4. The molecule has 33 heavy (non-hydrogen) atoms. The van der Waals surface area contributed by atoms with Gasteiger partial charge in [-0.15, -0.1) is 0 Å². The fraction of sp³-hybridized carbons (Fsp3) is 0.481. The zero-order valence-corrected chi connectivity index (χ0v) is 20.3. The normalized spacial score (nSPS) is 11.8. The Morgan fingerprint density at radius 2 is 0.939 bits per heavy atom. The zero-order chi connectivity index (χ0) is 25.2. The van der Waals surface area contributed by atoms with Crippen molar-refractivity contribution in [3.8, 4) is 0 Å². The van der Waals surface area contributed by atoms with E-state index in [4.69, 9.17) is 10.2 Å². The summed E-state index contributed by atoms with van der Waals surface area (Å²) in [5.41, 5.74) is 3.02. The summed E-state index contributed by atoms with van der Waals surface area (Å²) in [5, 5.41) is 35.7. The Morgan fingerprint density at radius 1 is 0.636 bits per heavy atom. The summed E-state index contributed by atoms with van der Waals surface area (Å²) in [6.45, 7) is 8.15. The van der Waals surface area contributed by atoms with Gasteiger partial charge in [0, 0.05) is 0 Å². The van der Waals surface area contributed by atoms with Gasteiger partial charge in [0.2, 0.25) is 0 Å². The van der Waals surface area contributed by atoms with Crippen LogP contribution in [0.3, 0.4) is 0 Å². The van der Waals surface area contributed by atoms with Gasteiger partial charge in [0.1, 0.15) is 0 Å². The van der Waals surface area contributed by atoms with Crippen molar-refractivity contribution in [2.24, 2.45) is 0 Å². The van der Waals surface area contributed by atoms with Crippen LogP contribution >= 0.6 is 0 Å². The summed E-state index contributed by atoms with van der Waals surface area (Å²) in [6.07, 6.45) is 5.41. The molecule has 0 aliphatic carbocycles. The topological polar surface area (TPSA) is 115 Å². The predicted octanol–water partition coefficient (Wildman–Crippen LogP) is 5.59. The molecule has 0 bridgehead atoms. The van der Waals surface area contributed by atoms with Gasteiger partial charge >= 0.3 is 11.9 Å². The van der Waals surface area contributed by atoms with Crippen LogP contribution in [-0.2, 0) is 12.8 Å². The maximum Gasteiger partial charge on any atom is 0.335 e. The summed E-state index contributed by atoms with van der Waals surface area (Å²) in [5.74, 6) is -1.74. The first-order valence-corrected chi connectivity index (χ1v) is 11.7. The minimum absolute atomic E-state index is 0.304. The van der Waals surface area contributed by atoms with Crippen LogP contribution in [0.4, 0.5) is 0 Å². The molecule has 6 nitrogen and oxygen atoms in total. The third-order valence-electron chi connectivity index (χ3n) is 5.01. The molecule has 0 heterocycles. The molecule has 0 fully saturated rings. The molecular weight excluding hydrogens is 420 g/mol. The average Bonchev–Trinajstić information content (AvgIpc) is 2.80. The molecule has 0 aliphatic rings. The van der Waals surface area contributed by atoms with Gasteiger partial charge in [-0.1, -0.05) is 64.8 Å². The number of rotatable bonds is 10. The SMILES string of the molecule is CCCC(O)CC(O)CCC.CCc1ccc(C(=O)O)cc1.CCc1ccc(C(=O)O)cc1. The second-order valence-electron chi connectivity index (χ2n) is 7.83. The monoisotopic (exact) mass is 460 g/mol. The van der Waals surface area contributed by atoms with Gasteiger partial charge in [0.05, 0.1) is 23.3 Å². The van der Waals surface area contributed by atoms with Crippen molar-refractivity contribution in [1.29, 1.82) is 0 Å². The number of aromatic carboxylic acids is 2. The molecule has 0 amide bonds. The summed E-state index contributed by atoms with van der Waals surface area (Å²) in [7, 11) is 0. The van der Waals surface area contributed by atoms with Gasteiger partial charge in [0.25, 0.3) is 0 Å². The van der Waals surface area contributed by atoms with Crippen molar-refractivity contribution < 1.29 is 30.0 Å². The lowest BCUT2D eigenvalue weighted by Gasteiger charge is -2.13. The lowest BCUT2D eigenvalue weighted by atomic mass is 10.0. The minimum Gasteiger partial charge on any atom is -0.478 e. The molecule has 0 saturated carbocycles. The van der Waals surface area contributed by atoms with Crippen LogP contribution in [0, 0.1) is 0 Å². The van der Waals surface area contributed by atoms with Crippen molar-refractivity contribution in [3.63, 3.8) is 0 Å². The summed E-state index contributed by atoms with van der Waals surface area (Å²) in [6, 6.07) is 13.9. The Labute approximate surface area is 197 Å². The first kappa shape index (κ1) is 30.3. The van der Waals surface area contributed by atoms with Crippen molar-refractivity contribution in [2.75, 3.05) is 0 Å². The fourth-order valence-electron chi connectivity index (χ4n) is 2.98. The largest absolute Gasteiger partial charge is 0.478 e. The number of carbonyl (C=O) groups is 2. The Kier molecular flexibility index (Phi) is 16.4. The van der Waals surface area contributed by atoms with Gasteiger partial charge in [-0.05, 0) is 67.5 Å². The lowest BCUT2D eigenvalue weighted by Crippen LogP contribution is -2.16. The van der Waals surface area contributed by atoms with Crippen LogP contribution in [0.2, 0.25) is 0 Å². The van der Waals surface area contributed by atoms with E-state index in [-0.39, 0.29) is 12.2 Å². The van der Waals surface area contributed by atoms with Crippen molar-refractivity contribution >= 4 is 11.9 Å². The van der Waals surface area contributed by atoms with E-state index in [0.717, 1.165) is 49.7 Å². The van der Waals surface area contributed by atoms with E-state index in [1.54, 1.807) is 24.3 Å². The third-order valence-corrected chi connectivity index (χ3v) is 5.01. The molecule has 0 aliphatic heterocycles. The van der Waals surface area contributed by atoms with E-state index in [9.17, 15) is 19.8 Å². The number of carboxylic acid groups (broad SMARTS) is 2. The number of carboxylic acids is 2. The van der Waals surface area contributed by atoms with Crippen LogP contribution < -0.4 is 0 Å². The highest BCUT2D eigenvalue weighted by Gasteiger charge is 2.09. The maximum atomic E-state index is 10.4. The molecule has 0 radical (unpaired) electrons. The predicted molar refractivity (Wildman–Crippen MR) is 132 cm³/mol. The Hall–Kier alpha value is -2.70. The highest BCUT2D eigenvalue weighted by molar-refractivity contribution is 5.87. The van der Waals surface area contributed by atoms with Gasteiger partial charge in [-0.2, -0.15) is 0 Å². The van der Waals surface area contributed by atoms with Gasteiger partial charge in [-0.3, -0.25) is 0 Å². The number of benzene rings is 2. The molecule has 0 aromatic heterocycles. The van der Waals surface area contributed by atoms with Crippen LogP contribution in [0.5, 0.6) is 0 Å². The molecule has 2 atom stereocenters. The van der Waals surface area contributed by atoms with Crippen LogP contribution in [0.1, 0.15) is 91.6 Å². The van der Waals surface area contributed by atoms with E-state index in [1.165, 1.54) is 0 Å². The number of aliphatic hydroxyl groups excluding tert-OH is 2. The first-order chi connectivity index (χ1) is 15.7. The Bertz CT molecular complexity index is 716. The molecule has 6 heteroatoms. The van der Waals surface area contributed by atoms with Crippen molar-refractivity contribution in [1.82, 2.24) is 0 Å². The molecule has 0 spiro atoms. The molecular formula is C27H40O6. The fourth-order valence-corrected chi connectivity index (χ4v) is 2.98. The van der Waals surface area contributed by atoms with Crippen molar-refractivity contribution in [3.05, 3.63) is 70.8 Å². The zero-order valence-electron chi connectivity index (χ0n) is 20.3. The minimum atomic E-state index is -0.868. The molecule has 2 aromatic carbocycles. The van der Waals surface area contributed by atoms with Gasteiger partial charge < -0.3 is 20.4 Å². The molecule has 2 unspecified atom stereocenters. The molecule has 184 valence electrons. The van der Waals surface area contributed by atoms with Crippen LogP contribution in [-0.4, -0.2) is 44.6 Å². The highest BCUT2D eigenvalue weighted by Crippen LogP contribution is 2.08. The Morgan fingerprint density at radius 3 is 1.15 bits per heavy atom. The van der Waals surface area contributed by atoms with E-state index < -0.39 is 11.9 Å². The number of aliphatic hydroxyl groups is 2. The lowest BCUT2D eigenvalue weighted by molar-refractivity contribution is 0.0686. The average molecular weight is 461 g/mol. The van der Waals surface area contributed by atoms with Gasteiger partial charge in [0.15, 0.2) is 0 Å². The Balaban J connectivity index is 0.000000465. The number of hydrogen-bond acceptors (Lipinski definition) is 4. The molecule has 4 N–H and O–H groups in total. The standard InChI is InChI=1S/2C9H10O2.C9H20O2/c2*1-2-7-3-5-8(6-4-7)9(10)11;1-3-5-8(10)7-9(11)6-4-2/h2*3-6H,2H2,1H3,(H,10,11);8-11H,3-7H2,1-2H3. The van der Waals surface area contributed by atoms with Gasteiger partial charge in [-0.25, -0.2) is 9.59 Å². The number of aryl methyl sites for hydroxylation is 2. The van der Waals surface area contributed by atoms with E-state index in [0.29, 0.717) is 17.5 Å². The molecule has 2 rings (SSSR count). The quantitative estimate of drug-likeness (QED) is 0.367. The van der Waals surface area contributed by atoms with E-state index >= 15 is 0 Å². The number of hydrogen-bond donors (Lipinski definition) is 4. The first-order valence-electron chi connectivity index (χ1n) is 11.7. The summed E-state index contributed by atoms with van der Waals surface area (Å²) in [4.78, 5) is 20.8. The van der Waals surface area contributed by atoms with Crippen LogP contribution in [0.15, 0.2) is 48.5 Å². The van der Waals surface area contributed by atoms with Crippen molar-refractivity contribution in [2.45, 2.75) is 84.8 Å². The third kappa shape index (κ3) is 14.1. The van der Waals surface area contributed by atoms with E-state index in [2.05, 4.69) is 0 Å². The smallest absolute Gasteiger partial charge is 0.335 e. The van der Waals surface area contributed by atoms with Crippen LogP contribution in [0.25, 0.3) is 0 Å². The molecule has 2 aromatic rings. The highest BCUT2D eigenvalue weighted by atomic mass is 16.4. The summed E-state index contributed by atoms with van der Waals surface area (Å²) >= 11 is 0. The summed E-state index contributed by atoms with van der Waals surface area (Å²) < 4.78 is 0. The van der Waals surface area contributed by atoms with E-state index in [1.807, 2.05) is 52.0 Å².